The van der Waals surface area contributed by atoms with Crippen molar-refractivity contribution in [3.63, 3.8) is 0 Å². The van der Waals surface area contributed by atoms with E-state index in [9.17, 15) is 22.8 Å². The summed E-state index contributed by atoms with van der Waals surface area (Å²) in [6.07, 6.45) is -4.91. The summed E-state index contributed by atoms with van der Waals surface area (Å²) in [6.45, 7) is -1.04. The molecule has 0 bridgehead atoms. The Balaban J connectivity index is 2.52. The SMILES string of the molecule is O=C(NCC(=O)C(F)(F)F)c1ccccc1. The van der Waals surface area contributed by atoms with Crippen LogP contribution in [0.4, 0.5) is 13.2 Å². The van der Waals surface area contributed by atoms with Gasteiger partial charge in [-0.05, 0) is 12.1 Å². The molecule has 0 aromatic heterocycles. The minimum absolute atomic E-state index is 0.206. The first-order chi connectivity index (χ1) is 7.41. The number of nitrogens with one attached hydrogen (secondary N) is 1. The molecule has 0 atom stereocenters. The molecule has 0 unspecified atom stereocenters. The number of hydrogen-bond donors (Lipinski definition) is 1. The second-order valence-electron chi connectivity index (χ2n) is 2.97. The van der Waals surface area contributed by atoms with E-state index in [1.165, 1.54) is 12.1 Å². The summed E-state index contributed by atoms with van der Waals surface area (Å²) in [5.74, 6) is -2.69. The van der Waals surface area contributed by atoms with Gasteiger partial charge >= 0.3 is 6.18 Å². The first-order valence-electron chi connectivity index (χ1n) is 4.34. The monoisotopic (exact) mass is 231 g/mol. The van der Waals surface area contributed by atoms with Gasteiger partial charge in [0.25, 0.3) is 11.7 Å². The fourth-order valence-electron chi connectivity index (χ4n) is 0.952. The van der Waals surface area contributed by atoms with Crippen LogP contribution in [0.1, 0.15) is 10.4 Å². The molecule has 0 aliphatic heterocycles. The van der Waals surface area contributed by atoms with E-state index in [4.69, 9.17) is 0 Å². The van der Waals surface area contributed by atoms with Gasteiger partial charge in [0.2, 0.25) is 0 Å². The van der Waals surface area contributed by atoms with Gasteiger partial charge in [-0.15, -0.1) is 0 Å². The van der Waals surface area contributed by atoms with Crippen molar-refractivity contribution in [1.82, 2.24) is 5.32 Å². The highest BCUT2D eigenvalue weighted by Gasteiger charge is 2.37. The number of ketones is 1. The quantitative estimate of drug-likeness (QED) is 0.857. The number of benzene rings is 1. The predicted molar refractivity (Wildman–Crippen MR) is 49.8 cm³/mol. The third-order valence-electron chi connectivity index (χ3n) is 1.76. The van der Waals surface area contributed by atoms with E-state index in [0.717, 1.165) is 0 Å². The van der Waals surface area contributed by atoms with Crippen LogP contribution in [-0.4, -0.2) is 24.4 Å². The van der Waals surface area contributed by atoms with Gasteiger partial charge in [0.05, 0.1) is 6.54 Å². The molecule has 1 rings (SSSR count). The van der Waals surface area contributed by atoms with E-state index in [0.29, 0.717) is 0 Å². The summed E-state index contributed by atoms with van der Waals surface area (Å²) in [7, 11) is 0. The maximum atomic E-state index is 11.8. The first kappa shape index (κ1) is 12.2. The highest BCUT2D eigenvalue weighted by atomic mass is 19.4. The number of rotatable bonds is 3. The Morgan fingerprint density at radius 2 is 1.69 bits per heavy atom. The van der Waals surface area contributed by atoms with Crippen LogP contribution in [0.3, 0.4) is 0 Å². The highest BCUT2D eigenvalue weighted by molar-refractivity contribution is 5.97. The van der Waals surface area contributed by atoms with Gasteiger partial charge in [-0.25, -0.2) is 0 Å². The molecule has 0 saturated carbocycles. The lowest BCUT2D eigenvalue weighted by Gasteiger charge is -2.06. The molecule has 16 heavy (non-hydrogen) atoms. The van der Waals surface area contributed by atoms with Crippen molar-refractivity contribution in [3.8, 4) is 0 Å². The van der Waals surface area contributed by atoms with Gasteiger partial charge in [-0.1, -0.05) is 18.2 Å². The zero-order valence-electron chi connectivity index (χ0n) is 8.04. The Bertz CT molecular complexity index is 387. The zero-order valence-corrected chi connectivity index (χ0v) is 8.04. The maximum Gasteiger partial charge on any atom is 0.451 e. The Hall–Kier alpha value is -1.85. The molecule has 0 saturated heterocycles. The fraction of sp³-hybridized carbons (Fsp3) is 0.200. The van der Waals surface area contributed by atoms with Crippen LogP contribution in [0.25, 0.3) is 0 Å². The molecular formula is C10H8F3NO2. The molecule has 0 aliphatic carbocycles. The maximum absolute atomic E-state index is 11.8. The second kappa shape index (κ2) is 4.78. The summed E-state index contributed by atoms with van der Waals surface area (Å²) in [6, 6.07) is 7.68. The number of Topliss-reactive ketones (excluding diaryl/α,β-unsaturated/α-hetero) is 1. The lowest BCUT2D eigenvalue weighted by Crippen LogP contribution is -2.36. The van der Waals surface area contributed by atoms with Crippen LogP contribution in [0.15, 0.2) is 30.3 Å². The highest BCUT2D eigenvalue weighted by Crippen LogP contribution is 2.15. The van der Waals surface area contributed by atoms with E-state index in [2.05, 4.69) is 0 Å². The Morgan fingerprint density at radius 3 is 2.19 bits per heavy atom. The number of amides is 1. The number of carbonyl (C=O) groups is 2. The van der Waals surface area contributed by atoms with Gasteiger partial charge in [-0.2, -0.15) is 13.2 Å². The van der Waals surface area contributed by atoms with Crippen molar-refractivity contribution >= 4 is 11.7 Å². The Morgan fingerprint density at radius 1 is 1.12 bits per heavy atom. The Kier molecular flexibility index (Phi) is 3.65. The van der Waals surface area contributed by atoms with Crippen LogP contribution < -0.4 is 5.32 Å². The second-order valence-corrected chi connectivity index (χ2v) is 2.97. The third-order valence-corrected chi connectivity index (χ3v) is 1.76. The minimum atomic E-state index is -4.91. The summed E-state index contributed by atoms with van der Waals surface area (Å²) in [5, 5.41) is 1.90. The lowest BCUT2D eigenvalue weighted by atomic mass is 10.2. The van der Waals surface area contributed by atoms with Crippen molar-refractivity contribution in [2.24, 2.45) is 0 Å². The molecule has 6 heteroatoms. The van der Waals surface area contributed by atoms with Gasteiger partial charge in [0, 0.05) is 5.56 Å². The number of carbonyl (C=O) groups excluding carboxylic acids is 2. The van der Waals surface area contributed by atoms with Gasteiger partial charge in [-0.3, -0.25) is 9.59 Å². The molecular weight excluding hydrogens is 223 g/mol. The van der Waals surface area contributed by atoms with Crippen molar-refractivity contribution < 1.29 is 22.8 Å². The molecule has 1 aromatic carbocycles. The molecule has 1 N–H and O–H groups in total. The summed E-state index contributed by atoms with van der Waals surface area (Å²) >= 11 is 0. The van der Waals surface area contributed by atoms with E-state index in [1.54, 1.807) is 18.2 Å². The van der Waals surface area contributed by atoms with Crippen molar-refractivity contribution in [3.05, 3.63) is 35.9 Å². The van der Waals surface area contributed by atoms with Crippen LogP contribution in [0.2, 0.25) is 0 Å². The molecule has 1 aromatic rings. The Labute approximate surface area is 89.3 Å². The molecule has 1 amide bonds. The lowest BCUT2D eigenvalue weighted by molar-refractivity contribution is -0.169. The normalized spacial score (nSPS) is 10.9. The first-order valence-corrected chi connectivity index (χ1v) is 4.34. The van der Waals surface area contributed by atoms with Crippen LogP contribution in [0.5, 0.6) is 0 Å². The molecule has 0 radical (unpaired) electrons. The average Bonchev–Trinajstić information content (AvgIpc) is 2.25. The van der Waals surface area contributed by atoms with Crippen molar-refractivity contribution in [2.45, 2.75) is 6.18 Å². The van der Waals surface area contributed by atoms with Gasteiger partial charge in [0.1, 0.15) is 0 Å². The molecule has 0 aliphatic rings. The van der Waals surface area contributed by atoms with E-state index >= 15 is 0 Å². The van der Waals surface area contributed by atoms with E-state index in [-0.39, 0.29) is 5.56 Å². The molecule has 86 valence electrons. The van der Waals surface area contributed by atoms with Gasteiger partial charge < -0.3 is 5.32 Å². The van der Waals surface area contributed by atoms with Gasteiger partial charge in [0.15, 0.2) is 0 Å². The van der Waals surface area contributed by atoms with Crippen LogP contribution in [0, 0.1) is 0 Å². The van der Waals surface area contributed by atoms with Crippen LogP contribution >= 0.6 is 0 Å². The standard InChI is InChI=1S/C10H8F3NO2/c11-10(12,13)8(15)6-14-9(16)7-4-2-1-3-5-7/h1-5H,6H2,(H,14,16). The summed E-state index contributed by atoms with van der Waals surface area (Å²) < 4.78 is 35.4. The van der Waals surface area contributed by atoms with Crippen LogP contribution in [-0.2, 0) is 4.79 Å². The fourth-order valence-corrected chi connectivity index (χ4v) is 0.952. The average molecular weight is 231 g/mol. The van der Waals surface area contributed by atoms with E-state index < -0.39 is 24.4 Å². The topological polar surface area (TPSA) is 46.2 Å². The predicted octanol–water partition coefficient (Wildman–Crippen LogP) is 1.55. The van der Waals surface area contributed by atoms with Crippen molar-refractivity contribution in [2.75, 3.05) is 6.54 Å². The summed E-state index contributed by atoms with van der Waals surface area (Å²) in [4.78, 5) is 21.7. The molecule has 0 fully saturated rings. The minimum Gasteiger partial charge on any atom is -0.345 e. The molecule has 0 spiro atoms. The zero-order chi connectivity index (χ0) is 12.2. The molecule has 0 heterocycles. The number of alkyl halides is 3. The molecule has 3 nitrogen and oxygen atoms in total. The number of halogens is 3. The van der Waals surface area contributed by atoms with Crippen molar-refractivity contribution in [1.29, 1.82) is 0 Å². The summed E-state index contributed by atoms with van der Waals surface area (Å²) in [5.41, 5.74) is 0.206. The smallest absolute Gasteiger partial charge is 0.345 e. The largest absolute Gasteiger partial charge is 0.451 e. The van der Waals surface area contributed by atoms with E-state index in [1.807, 2.05) is 5.32 Å². The number of hydrogen-bond acceptors (Lipinski definition) is 2. The third kappa shape index (κ3) is 3.38.